The smallest absolute Gasteiger partial charge is 0.00385 e. The second kappa shape index (κ2) is 9.80. The Hall–Kier alpha value is -0.0800. The minimum Gasteiger partial charge on any atom is -0.306 e. The predicted molar refractivity (Wildman–Crippen MR) is 85.2 cm³/mol. The molecule has 2 heteroatoms. The van der Waals surface area contributed by atoms with Crippen molar-refractivity contribution in [3.63, 3.8) is 0 Å². The molecule has 2 aliphatic heterocycles. The third-order valence-corrected chi connectivity index (χ3v) is 3.91. The van der Waals surface area contributed by atoms with Gasteiger partial charge in [-0.15, -0.1) is 0 Å². The lowest BCUT2D eigenvalue weighted by molar-refractivity contribution is 0.0967. The van der Waals surface area contributed by atoms with Gasteiger partial charge in [-0.05, 0) is 58.7 Å². The van der Waals surface area contributed by atoms with Crippen LogP contribution in [0.1, 0.15) is 55.4 Å². The van der Waals surface area contributed by atoms with E-state index in [1.54, 1.807) is 0 Å². The number of likely N-dealkylation sites (tertiary alicyclic amines) is 2. The molecule has 0 spiro atoms. The molecule has 0 aromatic carbocycles. The highest BCUT2D eigenvalue weighted by molar-refractivity contribution is 4.78. The zero-order valence-corrected chi connectivity index (χ0v) is 11.9. The van der Waals surface area contributed by atoms with Gasteiger partial charge in [0.25, 0.3) is 0 Å². The minimum atomic E-state index is 0. The summed E-state index contributed by atoms with van der Waals surface area (Å²) in [5, 5.41) is 0. The fraction of sp³-hybridized carbons (Fsp3) is 1.00. The van der Waals surface area contributed by atoms with Gasteiger partial charge in [0.1, 0.15) is 0 Å². The molecule has 0 aromatic heterocycles. The third-order valence-electron chi connectivity index (χ3n) is 3.91. The normalized spacial score (nSPS) is 20.8. The first-order chi connectivity index (χ1) is 7.50. The molecule has 0 saturated carbocycles. The number of nitrogens with zero attached hydrogens (tertiary/aromatic N) is 2. The molecule has 0 N–H and O–H groups in total. The van der Waals surface area contributed by atoms with Crippen molar-refractivity contribution in [2.75, 3.05) is 33.2 Å². The molecule has 18 heavy (non-hydrogen) atoms. The maximum Gasteiger partial charge on any atom is 0.00385 e. The van der Waals surface area contributed by atoms with Gasteiger partial charge in [-0.2, -0.15) is 0 Å². The molecule has 0 unspecified atom stereocenters. The Morgan fingerprint density at radius 3 is 1.50 bits per heavy atom. The van der Waals surface area contributed by atoms with Gasteiger partial charge >= 0.3 is 0 Å². The lowest BCUT2D eigenvalue weighted by atomic mass is 9.89. The summed E-state index contributed by atoms with van der Waals surface area (Å²) in [4.78, 5) is 4.89. The van der Waals surface area contributed by atoms with Crippen molar-refractivity contribution in [1.82, 2.24) is 9.80 Å². The van der Waals surface area contributed by atoms with Crippen molar-refractivity contribution in [2.45, 2.75) is 61.4 Å². The molecule has 0 amide bonds. The highest BCUT2D eigenvalue weighted by Crippen LogP contribution is 2.20. The van der Waals surface area contributed by atoms with E-state index in [2.05, 4.69) is 44.5 Å². The highest BCUT2D eigenvalue weighted by atomic mass is 15.2. The average molecular weight is 258 g/mol. The predicted octanol–water partition coefficient (Wildman–Crippen LogP) is 3.97. The molecule has 0 aromatic rings. The van der Waals surface area contributed by atoms with Gasteiger partial charge in [0.2, 0.25) is 0 Å². The van der Waals surface area contributed by atoms with Crippen molar-refractivity contribution >= 4 is 0 Å². The lowest BCUT2D eigenvalue weighted by Gasteiger charge is -2.38. The summed E-state index contributed by atoms with van der Waals surface area (Å²) in [5.74, 6) is 1.88. The van der Waals surface area contributed by atoms with Crippen LogP contribution in [0.4, 0.5) is 0 Å². The molecule has 0 radical (unpaired) electrons. The Morgan fingerprint density at radius 2 is 1.33 bits per heavy atom. The van der Waals surface area contributed by atoms with E-state index in [0.717, 1.165) is 17.9 Å². The second-order valence-electron chi connectivity index (χ2n) is 6.06. The summed E-state index contributed by atoms with van der Waals surface area (Å²) in [5.41, 5.74) is 0. The molecular weight excluding hydrogens is 220 g/mol. The lowest BCUT2D eigenvalue weighted by Crippen LogP contribution is -2.46. The molecule has 0 aliphatic carbocycles. The standard InChI is InChI=1S/2C7H15N.2CH4/c1-6(2)7-4-8(3)5-7;1-7(2)8-5-3-4-6-8;;/h6-7H,4-5H2,1-3H3;7H,3-6H2,1-2H3;2*1H4. The topological polar surface area (TPSA) is 6.48 Å². The van der Waals surface area contributed by atoms with Crippen molar-refractivity contribution in [1.29, 1.82) is 0 Å². The fourth-order valence-electron chi connectivity index (χ4n) is 2.43. The first-order valence-electron chi connectivity index (χ1n) is 6.93. The van der Waals surface area contributed by atoms with E-state index >= 15 is 0 Å². The molecule has 2 aliphatic rings. The maximum atomic E-state index is 2.53. The van der Waals surface area contributed by atoms with E-state index in [1.165, 1.54) is 39.0 Å². The Bertz CT molecular complexity index is 178. The van der Waals surface area contributed by atoms with Crippen LogP contribution in [0.3, 0.4) is 0 Å². The quantitative estimate of drug-likeness (QED) is 0.739. The van der Waals surface area contributed by atoms with Crippen LogP contribution in [0.5, 0.6) is 0 Å². The van der Waals surface area contributed by atoms with Gasteiger partial charge in [0.15, 0.2) is 0 Å². The molecule has 2 saturated heterocycles. The van der Waals surface area contributed by atoms with Crippen molar-refractivity contribution < 1.29 is 0 Å². The second-order valence-corrected chi connectivity index (χ2v) is 6.06. The van der Waals surface area contributed by atoms with Gasteiger partial charge < -0.3 is 9.80 Å². The maximum absolute atomic E-state index is 2.53. The zero-order valence-electron chi connectivity index (χ0n) is 11.9. The number of hydrogen-bond acceptors (Lipinski definition) is 2. The van der Waals surface area contributed by atoms with Crippen LogP contribution >= 0.6 is 0 Å². The van der Waals surface area contributed by atoms with Crippen LogP contribution in [-0.4, -0.2) is 49.1 Å². The van der Waals surface area contributed by atoms with Crippen LogP contribution in [-0.2, 0) is 0 Å². The van der Waals surface area contributed by atoms with Crippen molar-refractivity contribution in [2.24, 2.45) is 11.8 Å². The number of hydrogen-bond donors (Lipinski definition) is 0. The van der Waals surface area contributed by atoms with Crippen LogP contribution < -0.4 is 0 Å². The van der Waals surface area contributed by atoms with Gasteiger partial charge in [-0.25, -0.2) is 0 Å². The Morgan fingerprint density at radius 1 is 0.889 bits per heavy atom. The monoisotopic (exact) mass is 258 g/mol. The molecule has 2 fully saturated rings. The highest BCUT2D eigenvalue weighted by Gasteiger charge is 2.25. The molecule has 2 nitrogen and oxygen atoms in total. The summed E-state index contributed by atoms with van der Waals surface area (Å²) >= 11 is 0. The summed E-state index contributed by atoms with van der Waals surface area (Å²) in [7, 11) is 2.18. The summed E-state index contributed by atoms with van der Waals surface area (Å²) in [6, 6.07) is 0.775. The minimum absolute atomic E-state index is 0. The van der Waals surface area contributed by atoms with E-state index < -0.39 is 0 Å². The molecule has 0 bridgehead atoms. The van der Waals surface area contributed by atoms with Crippen molar-refractivity contribution in [3.8, 4) is 0 Å². The molecule has 0 atom stereocenters. The van der Waals surface area contributed by atoms with Gasteiger partial charge in [-0.3, -0.25) is 0 Å². The summed E-state index contributed by atoms with van der Waals surface area (Å²) in [6.45, 7) is 14.4. The van der Waals surface area contributed by atoms with E-state index in [4.69, 9.17) is 0 Å². The van der Waals surface area contributed by atoms with Crippen LogP contribution in [0.15, 0.2) is 0 Å². The van der Waals surface area contributed by atoms with Gasteiger partial charge in [0, 0.05) is 19.1 Å². The number of rotatable bonds is 2. The van der Waals surface area contributed by atoms with E-state index in [-0.39, 0.29) is 14.9 Å². The average Bonchev–Trinajstić information content (AvgIpc) is 2.66. The third kappa shape index (κ3) is 6.75. The van der Waals surface area contributed by atoms with Crippen LogP contribution in [0.2, 0.25) is 0 Å². The van der Waals surface area contributed by atoms with Gasteiger partial charge in [0.05, 0.1) is 0 Å². The largest absolute Gasteiger partial charge is 0.306 e. The van der Waals surface area contributed by atoms with E-state index in [1.807, 2.05) is 0 Å². The fourth-order valence-corrected chi connectivity index (χ4v) is 2.43. The van der Waals surface area contributed by atoms with Crippen LogP contribution in [0, 0.1) is 11.8 Å². The zero-order chi connectivity index (χ0) is 12.1. The molecule has 2 rings (SSSR count). The van der Waals surface area contributed by atoms with E-state index in [0.29, 0.717) is 0 Å². The van der Waals surface area contributed by atoms with Crippen LogP contribution in [0.25, 0.3) is 0 Å². The first kappa shape index (κ1) is 20.2. The Balaban J connectivity index is 0. The first-order valence-corrected chi connectivity index (χ1v) is 6.93. The Kier molecular flexibility index (Phi) is 11.0. The summed E-state index contributed by atoms with van der Waals surface area (Å²) < 4.78 is 0. The Labute approximate surface area is 117 Å². The summed E-state index contributed by atoms with van der Waals surface area (Å²) in [6.07, 6.45) is 2.83. The molecule has 2 heterocycles. The van der Waals surface area contributed by atoms with Gasteiger partial charge in [-0.1, -0.05) is 28.7 Å². The molecular formula is C16H38N2. The van der Waals surface area contributed by atoms with E-state index in [9.17, 15) is 0 Å². The molecule has 112 valence electrons. The van der Waals surface area contributed by atoms with Crippen molar-refractivity contribution in [3.05, 3.63) is 0 Å². The SMILES string of the molecule is C.C.CC(C)C1CN(C)C1.CC(C)N1CCCC1.